The minimum atomic E-state index is -0.526. The number of aliphatic hydroxyl groups excluding tert-OH is 1. The van der Waals surface area contributed by atoms with Gasteiger partial charge in [0.05, 0.1) is 12.7 Å². The van der Waals surface area contributed by atoms with Crippen molar-refractivity contribution in [1.29, 1.82) is 0 Å². The summed E-state index contributed by atoms with van der Waals surface area (Å²) in [7, 11) is 0. The molecule has 2 aromatic carbocycles. The van der Waals surface area contributed by atoms with Gasteiger partial charge in [0.25, 0.3) is 0 Å². The lowest BCUT2D eigenvalue weighted by Gasteiger charge is -2.25. The zero-order valence-electron chi connectivity index (χ0n) is 16.1. The SMILES string of the molecule is CC(C)COCC(O)CN(Cc1ccccc1)Cc1ccc2c(c1)OCO2. The number of ether oxygens (including phenoxy) is 3. The maximum Gasteiger partial charge on any atom is 0.231 e. The molecule has 1 aliphatic rings. The molecular formula is C22H29NO4. The minimum Gasteiger partial charge on any atom is -0.454 e. The zero-order valence-corrected chi connectivity index (χ0v) is 16.1. The molecule has 3 rings (SSSR count). The molecule has 0 fully saturated rings. The van der Waals surface area contributed by atoms with Crippen LogP contribution in [-0.2, 0) is 17.8 Å². The lowest BCUT2D eigenvalue weighted by molar-refractivity contribution is 0.00554. The maximum absolute atomic E-state index is 10.4. The summed E-state index contributed by atoms with van der Waals surface area (Å²) in [5.74, 6) is 2.04. The van der Waals surface area contributed by atoms with Crippen LogP contribution in [0.2, 0.25) is 0 Å². The normalized spacial score (nSPS) is 14.1. The molecule has 1 unspecified atom stereocenters. The number of rotatable bonds is 10. The molecule has 27 heavy (non-hydrogen) atoms. The van der Waals surface area contributed by atoms with Crippen molar-refractivity contribution in [2.24, 2.45) is 5.92 Å². The predicted molar refractivity (Wildman–Crippen MR) is 105 cm³/mol. The van der Waals surface area contributed by atoms with Gasteiger partial charge in [-0.25, -0.2) is 0 Å². The third kappa shape index (κ3) is 6.24. The number of fused-ring (bicyclic) bond motifs is 1. The summed E-state index contributed by atoms with van der Waals surface area (Å²) in [6.07, 6.45) is -0.526. The van der Waals surface area contributed by atoms with Gasteiger partial charge in [0.2, 0.25) is 6.79 Å². The van der Waals surface area contributed by atoms with E-state index in [9.17, 15) is 5.11 Å². The zero-order chi connectivity index (χ0) is 19.1. The summed E-state index contributed by atoms with van der Waals surface area (Å²) < 4.78 is 16.5. The van der Waals surface area contributed by atoms with Gasteiger partial charge in [0, 0.05) is 26.2 Å². The monoisotopic (exact) mass is 371 g/mol. The second kappa shape index (κ2) is 9.74. The standard InChI is InChI=1S/C22H29NO4/c1-17(2)14-25-15-20(24)13-23(11-18-6-4-3-5-7-18)12-19-8-9-21-22(10-19)27-16-26-21/h3-10,17,20,24H,11-16H2,1-2H3. The van der Waals surface area contributed by atoms with Gasteiger partial charge in [-0.3, -0.25) is 4.90 Å². The van der Waals surface area contributed by atoms with Crippen molar-refractivity contribution in [3.05, 3.63) is 59.7 Å². The molecule has 1 N–H and O–H groups in total. The van der Waals surface area contributed by atoms with Gasteiger partial charge in [-0.1, -0.05) is 50.2 Å². The Labute approximate surface area is 161 Å². The predicted octanol–water partition coefficient (Wildman–Crippen LogP) is 3.45. The largest absolute Gasteiger partial charge is 0.454 e. The van der Waals surface area contributed by atoms with Gasteiger partial charge in [-0.05, 0) is 29.2 Å². The molecule has 2 aromatic rings. The fraction of sp³-hybridized carbons (Fsp3) is 0.455. The van der Waals surface area contributed by atoms with E-state index in [1.165, 1.54) is 5.56 Å². The van der Waals surface area contributed by atoms with Gasteiger partial charge < -0.3 is 19.3 Å². The summed E-state index contributed by atoms with van der Waals surface area (Å²) >= 11 is 0. The average molecular weight is 371 g/mol. The van der Waals surface area contributed by atoms with Crippen molar-refractivity contribution in [2.75, 3.05) is 26.6 Å². The molecule has 5 nitrogen and oxygen atoms in total. The van der Waals surface area contributed by atoms with Crippen LogP contribution in [0.4, 0.5) is 0 Å². The van der Waals surface area contributed by atoms with Crippen molar-refractivity contribution in [2.45, 2.75) is 33.0 Å². The van der Waals surface area contributed by atoms with E-state index < -0.39 is 6.10 Å². The van der Waals surface area contributed by atoms with E-state index in [1.807, 2.05) is 36.4 Å². The van der Waals surface area contributed by atoms with Crippen molar-refractivity contribution in [1.82, 2.24) is 4.90 Å². The Balaban J connectivity index is 1.63. The van der Waals surface area contributed by atoms with Crippen molar-refractivity contribution >= 4 is 0 Å². The Bertz CT molecular complexity index is 705. The Kier molecular flexibility index (Phi) is 7.10. The molecule has 0 saturated heterocycles. The highest BCUT2D eigenvalue weighted by atomic mass is 16.7. The number of aliphatic hydroxyl groups is 1. The molecule has 5 heteroatoms. The van der Waals surface area contributed by atoms with E-state index in [4.69, 9.17) is 14.2 Å². The van der Waals surface area contributed by atoms with Crippen molar-refractivity contribution in [3.8, 4) is 11.5 Å². The number of nitrogens with zero attached hydrogens (tertiary/aromatic N) is 1. The highest BCUT2D eigenvalue weighted by molar-refractivity contribution is 5.44. The van der Waals surface area contributed by atoms with Crippen LogP contribution in [0.25, 0.3) is 0 Å². The smallest absolute Gasteiger partial charge is 0.231 e. The van der Waals surface area contributed by atoms with E-state index in [-0.39, 0.29) is 6.79 Å². The molecule has 1 aliphatic heterocycles. The summed E-state index contributed by atoms with van der Waals surface area (Å²) in [4.78, 5) is 2.23. The van der Waals surface area contributed by atoms with Gasteiger partial charge in [0.1, 0.15) is 0 Å². The quantitative estimate of drug-likeness (QED) is 0.693. The highest BCUT2D eigenvalue weighted by Gasteiger charge is 2.17. The molecule has 0 saturated carbocycles. The number of hydrogen-bond donors (Lipinski definition) is 1. The third-order valence-corrected chi connectivity index (χ3v) is 4.32. The molecule has 0 bridgehead atoms. The fourth-order valence-corrected chi connectivity index (χ4v) is 3.11. The second-order valence-corrected chi connectivity index (χ2v) is 7.43. The van der Waals surface area contributed by atoms with Crippen LogP contribution in [0.15, 0.2) is 48.5 Å². The Hall–Kier alpha value is -2.08. The Morgan fingerprint density at radius 3 is 2.48 bits per heavy atom. The van der Waals surface area contributed by atoms with Gasteiger partial charge in [0.15, 0.2) is 11.5 Å². The van der Waals surface area contributed by atoms with Crippen LogP contribution in [0.5, 0.6) is 11.5 Å². The van der Waals surface area contributed by atoms with Crippen LogP contribution in [0.1, 0.15) is 25.0 Å². The van der Waals surface area contributed by atoms with Crippen LogP contribution < -0.4 is 9.47 Å². The molecule has 0 radical (unpaired) electrons. The number of hydrogen-bond acceptors (Lipinski definition) is 5. The highest BCUT2D eigenvalue weighted by Crippen LogP contribution is 2.32. The van der Waals surface area contributed by atoms with E-state index in [2.05, 4.69) is 30.9 Å². The average Bonchev–Trinajstić information content (AvgIpc) is 3.10. The van der Waals surface area contributed by atoms with Gasteiger partial charge in [-0.2, -0.15) is 0 Å². The van der Waals surface area contributed by atoms with Crippen LogP contribution >= 0.6 is 0 Å². The molecule has 1 atom stereocenters. The van der Waals surface area contributed by atoms with Crippen molar-refractivity contribution < 1.29 is 19.3 Å². The molecule has 0 amide bonds. The lowest BCUT2D eigenvalue weighted by Crippen LogP contribution is -2.34. The molecule has 0 aliphatic carbocycles. The summed E-state index contributed by atoms with van der Waals surface area (Å²) in [6, 6.07) is 16.3. The van der Waals surface area contributed by atoms with E-state index >= 15 is 0 Å². The van der Waals surface area contributed by atoms with Gasteiger partial charge >= 0.3 is 0 Å². The molecule has 0 aromatic heterocycles. The first-order valence-electron chi connectivity index (χ1n) is 9.51. The molecular weight excluding hydrogens is 342 g/mol. The minimum absolute atomic E-state index is 0.276. The first kappa shape index (κ1) is 19.7. The maximum atomic E-state index is 10.4. The molecule has 0 spiro atoms. The van der Waals surface area contributed by atoms with Crippen molar-refractivity contribution in [3.63, 3.8) is 0 Å². The number of benzene rings is 2. The summed E-state index contributed by atoms with van der Waals surface area (Å²) in [5, 5.41) is 10.4. The van der Waals surface area contributed by atoms with Gasteiger partial charge in [-0.15, -0.1) is 0 Å². The molecule has 146 valence electrons. The Morgan fingerprint density at radius 2 is 1.70 bits per heavy atom. The third-order valence-electron chi connectivity index (χ3n) is 4.32. The van der Waals surface area contributed by atoms with E-state index in [0.29, 0.717) is 32.2 Å². The van der Waals surface area contributed by atoms with E-state index in [1.54, 1.807) is 0 Å². The van der Waals surface area contributed by atoms with Crippen LogP contribution in [0, 0.1) is 5.92 Å². The van der Waals surface area contributed by atoms with Crippen LogP contribution in [0.3, 0.4) is 0 Å². The fourth-order valence-electron chi connectivity index (χ4n) is 3.11. The first-order chi connectivity index (χ1) is 13.1. The summed E-state index contributed by atoms with van der Waals surface area (Å²) in [5.41, 5.74) is 2.35. The van der Waals surface area contributed by atoms with E-state index in [0.717, 1.165) is 23.6 Å². The van der Waals surface area contributed by atoms with Crippen LogP contribution in [-0.4, -0.2) is 42.7 Å². The second-order valence-electron chi connectivity index (χ2n) is 7.43. The lowest BCUT2D eigenvalue weighted by atomic mass is 10.1. The Morgan fingerprint density at radius 1 is 0.963 bits per heavy atom. The summed E-state index contributed by atoms with van der Waals surface area (Å²) in [6.45, 7) is 7.52. The molecule has 1 heterocycles. The topological polar surface area (TPSA) is 51.2 Å². The first-order valence-corrected chi connectivity index (χ1v) is 9.51.